The van der Waals surface area contributed by atoms with E-state index in [1.54, 1.807) is 0 Å². The van der Waals surface area contributed by atoms with Crippen molar-refractivity contribution in [1.29, 1.82) is 0 Å². The second-order valence-electron chi connectivity index (χ2n) is 6.46. The molecule has 2 saturated carbocycles. The SMILES string of the molecule is CC(C)C1CC(NC2CC(O)C2(C)C)C1. The Morgan fingerprint density at radius 3 is 2.20 bits per heavy atom. The first-order valence-corrected chi connectivity index (χ1v) is 6.35. The summed E-state index contributed by atoms with van der Waals surface area (Å²) in [5, 5.41) is 13.3. The lowest BCUT2D eigenvalue weighted by atomic mass is 9.63. The van der Waals surface area contributed by atoms with E-state index < -0.39 is 0 Å². The lowest BCUT2D eigenvalue weighted by molar-refractivity contribution is -0.0817. The van der Waals surface area contributed by atoms with Gasteiger partial charge >= 0.3 is 0 Å². The predicted molar refractivity (Wildman–Crippen MR) is 62.7 cm³/mol. The number of hydrogen-bond donors (Lipinski definition) is 2. The van der Waals surface area contributed by atoms with Crippen LogP contribution in [0.5, 0.6) is 0 Å². The Morgan fingerprint density at radius 2 is 1.80 bits per heavy atom. The molecule has 2 N–H and O–H groups in total. The van der Waals surface area contributed by atoms with Crippen LogP contribution in [0.1, 0.15) is 47.0 Å². The van der Waals surface area contributed by atoms with E-state index in [-0.39, 0.29) is 11.5 Å². The average Bonchev–Trinajstić information content (AvgIpc) is 2.07. The Morgan fingerprint density at radius 1 is 1.20 bits per heavy atom. The summed E-state index contributed by atoms with van der Waals surface area (Å²) >= 11 is 0. The van der Waals surface area contributed by atoms with Crippen molar-refractivity contribution in [3.05, 3.63) is 0 Å². The molecule has 0 heterocycles. The third kappa shape index (κ3) is 1.94. The van der Waals surface area contributed by atoms with Crippen LogP contribution in [0.3, 0.4) is 0 Å². The van der Waals surface area contributed by atoms with Gasteiger partial charge in [0.25, 0.3) is 0 Å². The number of aliphatic hydroxyl groups is 1. The van der Waals surface area contributed by atoms with Crippen molar-refractivity contribution in [3.8, 4) is 0 Å². The summed E-state index contributed by atoms with van der Waals surface area (Å²) in [4.78, 5) is 0. The van der Waals surface area contributed by atoms with Crippen molar-refractivity contribution in [2.45, 2.75) is 65.1 Å². The maximum absolute atomic E-state index is 9.65. The van der Waals surface area contributed by atoms with Crippen molar-refractivity contribution in [1.82, 2.24) is 5.32 Å². The molecule has 2 unspecified atom stereocenters. The Balaban J connectivity index is 1.73. The molecule has 0 amide bonds. The fourth-order valence-electron chi connectivity index (χ4n) is 2.81. The quantitative estimate of drug-likeness (QED) is 0.750. The van der Waals surface area contributed by atoms with Gasteiger partial charge in [0.1, 0.15) is 0 Å². The van der Waals surface area contributed by atoms with Crippen LogP contribution in [-0.2, 0) is 0 Å². The van der Waals surface area contributed by atoms with Gasteiger partial charge in [-0.05, 0) is 31.1 Å². The van der Waals surface area contributed by atoms with E-state index in [1.807, 2.05) is 0 Å². The van der Waals surface area contributed by atoms with Crippen molar-refractivity contribution < 1.29 is 5.11 Å². The normalized spacial score (nSPS) is 43.6. The molecular formula is C13H25NO. The molecule has 0 aliphatic heterocycles. The van der Waals surface area contributed by atoms with Gasteiger partial charge in [-0.25, -0.2) is 0 Å². The molecule has 0 spiro atoms. The van der Waals surface area contributed by atoms with E-state index in [4.69, 9.17) is 0 Å². The highest BCUT2D eigenvalue weighted by Gasteiger charge is 2.48. The Kier molecular flexibility index (Phi) is 2.85. The fraction of sp³-hybridized carbons (Fsp3) is 1.00. The van der Waals surface area contributed by atoms with Crippen molar-refractivity contribution in [3.63, 3.8) is 0 Å². The molecule has 0 aromatic heterocycles. The summed E-state index contributed by atoms with van der Waals surface area (Å²) in [5.41, 5.74) is 0.0862. The number of nitrogens with one attached hydrogen (secondary N) is 1. The third-order valence-electron chi connectivity index (χ3n) is 4.77. The zero-order valence-corrected chi connectivity index (χ0v) is 10.5. The van der Waals surface area contributed by atoms with Crippen molar-refractivity contribution in [2.24, 2.45) is 17.3 Å². The first-order chi connectivity index (χ1) is 6.91. The minimum atomic E-state index is -0.101. The van der Waals surface area contributed by atoms with E-state index >= 15 is 0 Å². The lowest BCUT2D eigenvalue weighted by Gasteiger charge is -2.53. The topological polar surface area (TPSA) is 32.3 Å². The van der Waals surface area contributed by atoms with Crippen LogP contribution in [0.4, 0.5) is 0 Å². The summed E-state index contributed by atoms with van der Waals surface area (Å²) in [5.74, 6) is 1.76. The third-order valence-corrected chi connectivity index (χ3v) is 4.77. The van der Waals surface area contributed by atoms with Gasteiger partial charge in [-0.2, -0.15) is 0 Å². The van der Waals surface area contributed by atoms with E-state index in [2.05, 4.69) is 33.0 Å². The van der Waals surface area contributed by atoms with Gasteiger partial charge in [0.15, 0.2) is 0 Å². The molecule has 2 atom stereocenters. The van der Waals surface area contributed by atoms with Crippen LogP contribution in [-0.4, -0.2) is 23.3 Å². The molecule has 2 rings (SSSR count). The van der Waals surface area contributed by atoms with Crippen LogP contribution in [0, 0.1) is 17.3 Å². The molecule has 0 bridgehead atoms. The monoisotopic (exact) mass is 211 g/mol. The molecule has 2 aliphatic rings. The molecule has 2 heteroatoms. The van der Waals surface area contributed by atoms with E-state index in [0.717, 1.165) is 18.3 Å². The maximum Gasteiger partial charge on any atom is 0.0621 e. The zero-order chi connectivity index (χ0) is 11.2. The minimum Gasteiger partial charge on any atom is -0.392 e. The van der Waals surface area contributed by atoms with Gasteiger partial charge in [-0.15, -0.1) is 0 Å². The molecule has 2 nitrogen and oxygen atoms in total. The van der Waals surface area contributed by atoms with Gasteiger partial charge < -0.3 is 10.4 Å². The van der Waals surface area contributed by atoms with Gasteiger partial charge in [0.05, 0.1) is 6.10 Å². The van der Waals surface area contributed by atoms with Crippen LogP contribution in [0.15, 0.2) is 0 Å². The molecular weight excluding hydrogens is 186 g/mol. The molecule has 88 valence electrons. The van der Waals surface area contributed by atoms with Crippen LogP contribution in [0.2, 0.25) is 0 Å². The van der Waals surface area contributed by atoms with Crippen LogP contribution in [0.25, 0.3) is 0 Å². The maximum atomic E-state index is 9.65. The van der Waals surface area contributed by atoms with Gasteiger partial charge in [-0.1, -0.05) is 27.7 Å². The fourth-order valence-corrected chi connectivity index (χ4v) is 2.81. The first kappa shape index (κ1) is 11.4. The predicted octanol–water partition coefficient (Wildman–Crippen LogP) is 2.17. The highest BCUT2D eigenvalue weighted by atomic mass is 16.3. The highest BCUT2D eigenvalue weighted by Crippen LogP contribution is 2.43. The second-order valence-corrected chi connectivity index (χ2v) is 6.46. The van der Waals surface area contributed by atoms with Crippen molar-refractivity contribution in [2.75, 3.05) is 0 Å². The highest BCUT2D eigenvalue weighted by molar-refractivity contribution is 5.04. The molecule has 0 aromatic carbocycles. The van der Waals surface area contributed by atoms with E-state index in [9.17, 15) is 5.11 Å². The Labute approximate surface area is 93.5 Å². The van der Waals surface area contributed by atoms with Gasteiger partial charge in [0.2, 0.25) is 0 Å². The lowest BCUT2D eigenvalue weighted by Crippen LogP contribution is -2.63. The Bertz CT molecular complexity index is 231. The number of aliphatic hydroxyl groups excluding tert-OH is 1. The summed E-state index contributed by atoms with van der Waals surface area (Å²) in [6.45, 7) is 8.96. The van der Waals surface area contributed by atoms with Crippen molar-refractivity contribution >= 4 is 0 Å². The van der Waals surface area contributed by atoms with Crippen LogP contribution >= 0.6 is 0 Å². The average molecular weight is 211 g/mol. The smallest absolute Gasteiger partial charge is 0.0621 e. The largest absolute Gasteiger partial charge is 0.392 e. The molecule has 2 aliphatic carbocycles. The number of rotatable bonds is 3. The standard InChI is InChI=1S/C13H25NO/c1-8(2)9-5-10(6-9)14-11-7-12(15)13(11,3)4/h8-12,14-15H,5-7H2,1-4H3. The zero-order valence-electron chi connectivity index (χ0n) is 10.5. The van der Waals surface area contributed by atoms with Gasteiger partial charge in [0, 0.05) is 17.5 Å². The van der Waals surface area contributed by atoms with Gasteiger partial charge in [-0.3, -0.25) is 0 Å². The van der Waals surface area contributed by atoms with E-state index in [0.29, 0.717) is 12.1 Å². The molecule has 2 fully saturated rings. The van der Waals surface area contributed by atoms with Crippen LogP contribution < -0.4 is 5.32 Å². The summed E-state index contributed by atoms with van der Waals surface area (Å²) in [7, 11) is 0. The number of hydrogen-bond acceptors (Lipinski definition) is 2. The van der Waals surface area contributed by atoms with E-state index in [1.165, 1.54) is 12.8 Å². The molecule has 0 aromatic rings. The second kappa shape index (κ2) is 3.74. The summed E-state index contributed by atoms with van der Waals surface area (Å²) in [6, 6.07) is 1.25. The molecule has 0 radical (unpaired) electrons. The molecule has 15 heavy (non-hydrogen) atoms. The molecule has 0 saturated heterocycles. The first-order valence-electron chi connectivity index (χ1n) is 6.35. The summed E-state index contributed by atoms with van der Waals surface area (Å²) < 4.78 is 0. The minimum absolute atomic E-state index is 0.0862. The Hall–Kier alpha value is -0.0800. The summed E-state index contributed by atoms with van der Waals surface area (Å²) in [6.07, 6.45) is 3.51.